The van der Waals surface area contributed by atoms with E-state index in [0.717, 1.165) is 57.4 Å². The van der Waals surface area contributed by atoms with Crippen LogP contribution in [-0.2, 0) is 23.9 Å². The average Bonchev–Trinajstić information content (AvgIpc) is 3.43. The molecule has 2 aliphatic heterocycles. The number of rotatable bonds is 13. The van der Waals surface area contributed by atoms with E-state index >= 15 is 0 Å². The molecule has 6 rings (SSSR count). The van der Waals surface area contributed by atoms with Crippen LogP contribution in [0.1, 0.15) is 129 Å². The van der Waals surface area contributed by atoms with Crippen LogP contribution in [0, 0.1) is 29.6 Å². The number of fused-ring (bicyclic) bond motifs is 1. The van der Waals surface area contributed by atoms with E-state index in [1.165, 1.54) is 64.2 Å². The Balaban J connectivity index is 0.873. The first kappa shape index (κ1) is 36.0. The zero-order chi connectivity index (χ0) is 33.5. The van der Waals surface area contributed by atoms with Crippen molar-refractivity contribution in [2.24, 2.45) is 29.6 Å². The average molecular weight is 670 g/mol. The predicted octanol–water partition coefficient (Wildman–Crippen LogP) is 5.44. The Kier molecular flexibility index (Phi) is 13.1. The summed E-state index contributed by atoms with van der Waals surface area (Å²) >= 11 is 0. The number of ether oxygens (including phenoxy) is 2. The lowest BCUT2D eigenvalue weighted by Crippen LogP contribution is -2.53. The van der Waals surface area contributed by atoms with E-state index in [9.17, 15) is 19.5 Å². The molecule has 2 saturated heterocycles. The van der Waals surface area contributed by atoms with Crippen LogP contribution in [0.2, 0.25) is 0 Å². The second-order valence-corrected chi connectivity index (χ2v) is 15.9. The Bertz CT molecular complexity index is 1120. The fraction of sp³-hybridized carbons (Fsp3) is 0.872. The van der Waals surface area contributed by atoms with Gasteiger partial charge in [0, 0.05) is 31.5 Å². The van der Waals surface area contributed by atoms with E-state index in [0.29, 0.717) is 63.2 Å². The van der Waals surface area contributed by atoms with Crippen molar-refractivity contribution in [1.82, 2.24) is 15.5 Å². The fourth-order valence-electron chi connectivity index (χ4n) is 10.5. The van der Waals surface area contributed by atoms with E-state index < -0.39 is 6.04 Å². The topological polar surface area (TPSA) is 117 Å². The zero-order valence-electron chi connectivity index (χ0n) is 29.6. The first-order valence-electron chi connectivity index (χ1n) is 19.9. The fourth-order valence-corrected chi connectivity index (χ4v) is 10.5. The Labute approximate surface area is 288 Å². The molecular formula is C39H63N3O6. The summed E-state index contributed by atoms with van der Waals surface area (Å²) in [5, 5.41) is 16.3. The second kappa shape index (κ2) is 17.4. The molecule has 270 valence electrons. The van der Waals surface area contributed by atoms with Gasteiger partial charge in [-0.2, -0.15) is 0 Å². The second-order valence-electron chi connectivity index (χ2n) is 15.9. The third-order valence-electron chi connectivity index (χ3n) is 13.0. The molecule has 4 aliphatic carbocycles. The molecule has 4 unspecified atom stereocenters. The van der Waals surface area contributed by atoms with Crippen LogP contribution >= 0.6 is 0 Å². The van der Waals surface area contributed by atoms with Gasteiger partial charge in [-0.15, -0.1) is 0 Å². The molecule has 0 aromatic carbocycles. The largest absolute Gasteiger partial charge is 0.393 e. The monoisotopic (exact) mass is 669 g/mol. The summed E-state index contributed by atoms with van der Waals surface area (Å²) in [6.45, 7) is 5.70. The lowest BCUT2D eigenvalue weighted by atomic mass is 9.68. The highest BCUT2D eigenvalue weighted by Crippen LogP contribution is 2.46. The standard InChI is InChI=1S/C39H63N3O6/c1-2-33(26-6-4-3-5-7-26)37(27-8-13-31(43)14-9-27)28-10-15-32(16-11-28)48-23-22-47-21-20-40-30-12-17-34-29(24-30)25-42(39(34)46)35-18-19-36(44)41-38(35)45/h26-32,34-35,40,43H,2-25H2,1H3,(H,41,44,45)/b37-33-. The molecule has 48 heavy (non-hydrogen) atoms. The van der Waals surface area contributed by atoms with E-state index in [1.54, 1.807) is 10.5 Å². The van der Waals surface area contributed by atoms with Gasteiger partial charge in [-0.1, -0.05) is 37.3 Å². The number of imide groups is 1. The van der Waals surface area contributed by atoms with Crippen LogP contribution < -0.4 is 10.6 Å². The molecule has 9 nitrogen and oxygen atoms in total. The van der Waals surface area contributed by atoms with Gasteiger partial charge in [0.05, 0.1) is 32.0 Å². The maximum atomic E-state index is 13.1. The van der Waals surface area contributed by atoms with Gasteiger partial charge in [-0.25, -0.2) is 0 Å². The number of aliphatic hydroxyl groups is 1. The molecule has 0 bridgehead atoms. The number of hydrogen-bond acceptors (Lipinski definition) is 7. The first-order chi connectivity index (χ1) is 23.4. The van der Waals surface area contributed by atoms with E-state index in [2.05, 4.69) is 17.6 Å². The molecule has 6 fully saturated rings. The molecule has 0 radical (unpaired) electrons. The van der Waals surface area contributed by atoms with Gasteiger partial charge in [0.25, 0.3) is 0 Å². The highest BCUT2D eigenvalue weighted by Gasteiger charge is 2.48. The first-order valence-corrected chi connectivity index (χ1v) is 19.9. The van der Waals surface area contributed by atoms with Crippen molar-refractivity contribution in [1.29, 1.82) is 0 Å². The lowest BCUT2D eigenvalue weighted by Gasteiger charge is -2.39. The van der Waals surface area contributed by atoms with Crippen LogP contribution in [-0.4, -0.2) is 84.9 Å². The van der Waals surface area contributed by atoms with Crippen molar-refractivity contribution < 1.29 is 29.0 Å². The molecule has 9 heteroatoms. The quantitative estimate of drug-likeness (QED) is 0.136. The molecule has 3 amide bonds. The van der Waals surface area contributed by atoms with Crippen LogP contribution in [0.5, 0.6) is 0 Å². The predicted molar refractivity (Wildman–Crippen MR) is 185 cm³/mol. The van der Waals surface area contributed by atoms with Crippen LogP contribution in [0.25, 0.3) is 0 Å². The molecular weight excluding hydrogens is 606 g/mol. The van der Waals surface area contributed by atoms with Crippen molar-refractivity contribution in [3.63, 3.8) is 0 Å². The molecule has 0 spiro atoms. The Hall–Kier alpha value is -1.81. The summed E-state index contributed by atoms with van der Waals surface area (Å²) in [5.41, 5.74) is 3.63. The Morgan fingerprint density at radius 1 is 0.833 bits per heavy atom. The van der Waals surface area contributed by atoms with Gasteiger partial charge in [-0.3, -0.25) is 19.7 Å². The van der Waals surface area contributed by atoms with Crippen LogP contribution in [0.3, 0.4) is 0 Å². The Morgan fingerprint density at radius 3 is 2.27 bits per heavy atom. The number of amides is 3. The molecule has 4 atom stereocenters. The van der Waals surface area contributed by atoms with Gasteiger partial charge < -0.3 is 24.8 Å². The SMILES string of the molecule is CC/C(=C(\C1CCC(O)CC1)C1CCC(OCCOCCNC2CCC3C(=O)N(C4CCC(=O)NC4=O)CC3C2)CC1)C1CCCCC1. The molecule has 3 N–H and O–H groups in total. The number of nitrogens with zero attached hydrogens (tertiary/aromatic N) is 1. The molecule has 0 aromatic rings. The minimum atomic E-state index is -0.496. The normalized spacial score (nSPS) is 35.7. The molecule has 0 aromatic heterocycles. The number of allylic oxidation sites excluding steroid dienone is 2. The molecule has 6 aliphatic rings. The zero-order valence-corrected chi connectivity index (χ0v) is 29.6. The van der Waals surface area contributed by atoms with Gasteiger partial charge in [-0.05, 0) is 120 Å². The number of nitrogens with one attached hydrogen (secondary N) is 2. The summed E-state index contributed by atoms with van der Waals surface area (Å²) in [5.74, 6) is 1.98. The molecule has 2 heterocycles. The van der Waals surface area contributed by atoms with Crippen molar-refractivity contribution in [2.45, 2.75) is 153 Å². The van der Waals surface area contributed by atoms with E-state index in [1.807, 2.05) is 5.57 Å². The summed E-state index contributed by atoms with van der Waals surface area (Å²) in [6, 6.07) is -0.135. The van der Waals surface area contributed by atoms with E-state index in [4.69, 9.17) is 9.47 Å². The number of hydrogen-bond donors (Lipinski definition) is 3. The summed E-state index contributed by atoms with van der Waals surface area (Å²) in [7, 11) is 0. The van der Waals surface area contributed by atoms with Crippen molar-refractivity contribution in [3.05, 3.63) is 11.1 Å². The smallest absolute Gasteiger partial charge is 0.249 e. The molecule has 4 saturated carbocycles. The van der Waals surface area contributed by atoms with Gasteiger partial charge in [0.15, 0.2) is 0 Å². The summed E-state index contributed by atoms with van der Waals surface area (Å²) in [4.78, 5) is 38.7. The minimum Gasteiger partial charge on any atom is -0.393 e. The minimum absolute atomic E-state index is 0.00594. The maximum Gasteiger partial charge on any atom is 0.249 e. The highest BCUT2D eigenvalue weighted by molar-refractivity contribution is 6.02. The number of aliphatic hydroxyl groups excluding tert-OH is 1. The maximum absolute atomic E-state index is 13.1. The summed E-state index contributed by atoms with van der Waals surface area (Å²) in [6.07, 6.45) is 20.9. The van der Waals surface area contributed by atoms with Crippen molar-refractivity contribution in [2.75, 3.05) is 32.9 Å². The van der Waals surface area contributed by atoms with Crippen molar-refractivity contribution >= 4 is 17.7 Å². The number of piperidine rings is 1. The third kappa shape index (κ3) is 8.91. The lowest BCUT2D eigenvalue weighted by molar-refractivity contribution is -0.144. The number of carbonyl (C=O) groups is 3. The van der Waals surface area contributed by atoms with Gasteiger partial charge in [0.2, 0.25) is 17.7 Å². The number of carbonyl (C=O) groups excluding carboxylic acids is 3. The van der Waals surface area contributed by atoms with Gasteiger partial charge >= 0.3 is 0 Å². The van der Waals surface area contributed by atoms with Crippen molar-refractivity contribution in [3.8, 4) is 0 Å². The third-order valence-corrected chi connectivity index (χ3v) is 13.0. The van der Waals surface area contributed by atoms with Gasteiger partial charge in [0.1, 0.15) is 6.04 Å². The van der Waals surface area contributed by atoms with E-state index in [-0.39, 0.29) is 35.7 Å². The van der Waals surface area contributed by atoms with Crippen LogP contribution in [0.15, 0.2) is 11.1 Å². The summed E-state index contributed by atoms with van der Waals surface area (Å²) < 4.78 is 12.3. The number of likely N-dealkylation sites (tertiary alicyclic amines) is 1. The Morgan fingerprint density at radius 2 is 1.56 bits per heavy atom. The van der Waals surface area contributed by atoms with Crippen LogP contribution in [0.4, 0.5) is 0 Å². The highest BCUT2D eigenvalue weighted by atomic mass is 16.5.